The molecule has 7 heteroatoms. The van der Waals surface area contributed by atoms with E-state index in [1.54, 1.807) is 24.4 Å². The average molecular weight is 337 g/mol. The van der Waals surface area contributed by atoms with Gasteiger partial charge in [0.05, 0.1) is 23.0 Å². The van der Waals surface area contributed by atoms with Crippen LogP contribution in [-0.4, -0.2) is 23.2 Å². The number of piperidine rings is 1. The first kappa shape index (κ1) is 16.6. The Morgan fingerprint density at radius 3 is 2.42 bits per heavy atom. The van der Waals surface area contributed by atoms with Crippen molar-refractivity contribution < 1.29 is 18.3 Å². The van der Waals surface area contributed by atoms with E-state index in [-0.39, 0.29) is 0 Å². The highest BCUT2D eigenvalue weighted by Gasteiger charge is 2.37. The molecule has 3 N–H and O–H groups in total. The molecule has 1 fully saturated rings. The van der Waals surface area contributed by atoms with Crippen molar-refractivity contribution in [2.75, 3.05) is 23.7 Å². The number of aliphatic hydroxyl groups is 1. The first-order valence-corrected chi connectivity index (χ1v) is 7.64. The molecule has 1 aliphatic heterocycles. The van der Waals surface area contributed by atoms with Crippen molar-refractivity contribution >= 4 is 11.5 Å². The molecular weight excluding hydrogens is 319 g/mol. The Morgan fingerprint density at radius 1 is 1.12 bits per heavy atom. The van der Waals surface area contributed by atoms with Gasteiger partial charge in [-0.05, 0) is 42.7 Å². The zero-order chi connectivity index (χ0) is 17.4. The van der Waals surface area contributed by atoms with Gasteiger partial charge in [0, 0.05) is 13.1 Å². The number of benzene rings is 1. The molecule has 2 aromatic rings. The molecule has 1 aliphatic rings. The highest BCUT2D eigenvalue weighted by Crippen LogP contribution is 2.37. The molecular formula is C17H18F3N3O. The molecule has 0 aliphatic carbocycles. The van der Waals surface area contributed by atoms with Crippen molar-refractivity contribution in [1.82, 2.24) is 4.98 Å². The summed E-state index contributed by atoms with van der Waals surface area (Å²) >= 11 is 0. The SMILES string of the molecule is Nc1ccc(N2CCC(O)(c3cccc(C(F)(F)F)c3)CC2)nc1. The third-order valence-corrected chi connectivity index (χ3v) is 4.41. The maximum atomic E-state index is 12.9. The highest BCUT2D eigenvalue weighted by atomic mass is 19.4. The summed E-state index contributed by atoms with van der Waals surface area (Å²) in [6.07, 6.45) is -2.19. The average Bonchev–Trinajstić information content (AvgIpc) is 2.56. The smallest absolute Gasteiger partial charge is 0.397 e. The number of aromatic nitrogens is 1. The van der Waals surface area contributed by atoms with Crippen LogP contribution in [0.5, 0.6) is 0 Å². The van der Waals surface area contributed by atoms with Gasteiger partial charge in [0.15, 0.2) is 0 Å². The fourth-order valence-corrected chi connectivity index (χ4v) is 2.96. The van der Waals surface area contributed by atoms with E-state index in [0.717, 1.165) is 18.0 Å². The van der Waals surface area contributed by atoms with E-state index in [4.69, 9.17) is 5.73 Å². The van der Waals surface area contributed by atoms with E-state index in [2.05, 4.69) is 4.98 Å². The second-order valence-corrected chi connectivity index (χ2v) is 6.05. The van der Waals surface area contributed by atoms with Gasteiger partial charge in [0.25, 0.3) is 0 Å². The fraction of sp³-hybridized carbons (Fsp3) is 0.353. The van der Waals surface area contributed by atoms with Crippen molar-refractivity contribution in [1.29, 1.82) is 0 Å². The summed E-state index contributed by atoms with van der Waals surface area (Å²) < 4.78 is 38.6. The summed E-state index contributed by atoms with van der Waals surface area (Å²) in [5, 5.41) is 10.8. The monoisotopic (exact) mass is 337 g/mol. The molecule has 4 nitrogen and oxygen atoms in total. The predicted molar refractivity (Wildman–Crippen MR) is 85.4 cm³/mol. The molecule has 0 amide bonds. The second kappa shape index (κ2) is 5.98. The number of anilines is 2. The zero-order valence-electron chi connectivity index (χ0n) is 12.9. The van der Waals surface area contributed by atoms with Gasteiger partial charge in [-0.3, -0.25) is 0 Å². The third kappa shape index (κ3) is 3.31. The molecule has 1 aromatic carbocycles. The lowest BCUT2D eigenvalue weighted by Gasteiger charge is -2.39. The van der Waals surface area contributed by atoms with Crippen molar-refractivity contribution in [2.45, 2.75) is 24.6 Å². The maximum Gasteiger partial charge on any atom is 0.416 e. The Bertz CT molecular complexity index is 708. The molecule has 0 atom stereocenters. The van der Waals surface area contributed by atoms with E-state index in [1.807, 2.05) is 4.90 Å². The predicted octanol–water partition coefficient (Wildman–Crippen LogP) is 3.17. The molecule has 24 heavy (non-hydrogen) atoms. The van der Waals surface area contributed by atoms with Crippen LogP contribution < -0.4 is 10.6 Å². The van der Waals surface area contributed by atoms with Gasteiger partial charge in [-0.25, -0.2) is 4.98 Å². The molecule has 128 valence electrons. The van der Waals surface area contributed by atoms with Crippen LogP contribution in [-0.2, 0) is 11.8 Å². The van der Waals surface area contributed by atoms with Crippen LogP contribution in [0, 0.1) is 0 Å². The normalized spacial score (nSPS) is 17.8. The number of hydrogen-bond donors (Lipinski definition) is 2. The van der Waals surface area contributed by atoms with Gasteiger partial charge < -0.3 is 15.7 Å². The molecule has 0 bridgehead atoms. The molecule has 1 aromatic heterocycles. The summed E-state index contributed by atoms with van der Waals surface area (Å²) in [5.74, 6) is 0.746. The summed E-state index contributed by atoms with van der Waals surface area (Å²) in [6.45, 7) is 1.01. The van der Waals surface area contributed by atoms with Gasteiger partial charge in [0.1, 0.15) is 5.82 Å². The van der Waals surface area contributed by atoms with Crippen LogP contribution in [0.2, 0.25) is 0 Å². The molecule has 0 unspecified atom stereocenters. The number of nitrogens with two attached hydrogens (primary N) is 1. The molecule has 2 heterocycles. The van der Waals surface area contributed by atoms with Crippen LogP contribution in [0.25, 0.3) is 0 Å². The van der Waals surface area contributed by atoms with Gasteiger partial charge in [0.2, 0.25) is 0 Å². The number of halogens is 3. The van der Waals surface area contributed by atoms with E-state index >= 15 is 0 Å². The van der Waals surface area contributed by atoms with Crippen molar-refractivity contribution in [3.63, 3.8) is 0 Å². The van der Waals surface area contributed by atoms with Crippen molar-refractivity contribution in [3.8, 4) is 0 Å². The topological polar surface area (TPSA) is 62.4 Å². The number of pyridine rings is 1. The van der Waals surface area contributed by atoms with E-state index < -0.39 is 17.3 Å². The highest BCUT2D eigenvalue weighted by molar-refractivity contribution is 5.46. The zero-order valence-corrected chi connectivity index (χ0v) is 12.9. The Balaban J connectivity index is 1.76. The summed E-state index contributed by atoms with van der Waals surface area (Å²) in [5.41, 5.74) is 4.49. The van der Waals surface area contributed by atoms with Crippen LogP contribution >= 0.6 is 0 Å². The second-order valence-electron chi connectivity index (χ2n) is 6.05. The number of hydrogen-bond acceptors (Lipinski definition) is 4. The van der Waals surface area contributed by atoms with Gasteiger partial charge in [-0.1, -0.05) is 12.1 Å². The number of nitrogen functional groups attached to an aromatic ring is 1. The quantitative estimate of drug-likeness (QED) is 0.884. The minimum absolute atomic E-state index is 0.308. The van der Waals surface area contributed by atoms with Crippen molar-refractivity contribution in [2.24, 2.45) is 0 Å². The molecule has 0 saturated carbocycles. The minimum Gasteiger partial charge on any atom is -0.397 e. The van der Waals surface area contributed by atoms with Crippen LogP contribution in [0.1, 0.15) is 24.0 Å². The van der Waals surface area contributed by atoms with Crippen LogP contribution in [0.3, 0.4) is 0 Å². The Labute approximate surface area is 137 Å². The number of nitrogens with zero attached hydrogens (tertiary/aromatic N) is 2. The fourth-order valence-electron chi connectivity index (χ4n) is 2.96. The van der Waals surface area contributed by atoms with E-state index in [1.165, 1.54) is 6.07 Å². The Morgan fingerprint density at radius 2 is 1.83 bits per heavy atom. The van der Waals surface area contributed by atoms with Crippen molar-refractivity contribution in [3.05, 3.63) is 53.7 Å². The third-order valence-electron chi connectivity index (χ3n) is 4.41. The molecule has 0 spiro atoms. The number of rotatable bonds is 2. The van der Waals surface area contributed by atoms with Gasteiger partial charge in [-0.15, -0.1) is 0 Å². The van der Waals surface area contributed by atoms with E-state index in [0.29, 0.717) is 37.2 Å². The van der Waals surface area contributed by atoms with Gasteiger partial charge >= 0.3 is 6.18 Å². The largest absolute Gasteiger partial charge is 0.416 e. The van der Waals surface area contributed by atoms with E-state index in [9.17, 15) is 18.3 Å². The summed E-state index contributed by atoms with van der Waals surface area (Å²) in [6, 6.07) is 8.48. The lowest BCUT2D eigenvalue weighted by atomic mass is 9.83. The summed E-state index contributed by atoms with van der Waals surface area (Å²) in [4.78, 5) is 6.23. The first-order chi connectivity index (χ1) is 11.3. The summed E-state index contributed by atoms with van der Waals surface area (Å²) in [7, 11) is 0. The maximum absolute atomic E-state index is 12.9. The first-order valence-electron chi connectivity index (χ1n) is 7.64. The van der Waals surface area contributed by atoms with Crippen LogP contribution in [0.4, 0.5) is 24.7 Å². The Hall–Kier alpha value is -2.28. The molecule has 1 saturated heterocycles. The standard InChI is InChI=1S/C17H18F3N3O/c18-17(19,20)13-3-1-2-12(10-13)16(24)6-8-23(9-7-16)15-5-4-14(21)11-22-15/h1-5,10-11,24H,6-9,21H2. The minimum atomic E-state index is -4.42. The molecule has 0 radical (unpaired) electrons. The lowest BCUT2D eigenvalue weighted by Crippen LogP contribution is -2.43. The van der Waals surface area contributed by atoms with Gasteiger partial charge in [-0.2, -0.15) is 13.2 Å². The van der Waals surface area contributed by atoms with Crippen LogP contribution in [0.15, 0.2) is 42.6 Å². The molecule has 3 rings (SSSR count). The number of alkyl halides is 3. The Kier molecular flexibility index (Phi) is 4.13. The lowest BCUT2D eigenvalue weighted by molar-refractivity contribution is -0.137.